The Balaban J connectivity index is 0.000000222. The fourth-order valence-corrected chi connectivity index (χ4v) is 0.321. The van der Waals surface area contributed by atoms with E-state index in [0.29, 0.717) is 0 Å². The maximum Gasteiger partial charge on any atom is 0.188 e. The smallest absolute Gasteiger partial charge is 0.188 e. The SMILES string of the molecule is CC.Oc1ccc[nH]1. The molecule has 0 saturated carbocycles. The fourth-order valence-electron chi connectivity index (χ4n) is 0.321. The number of aromatic amines is 1. The Bertz CT molecular complexity index is 112. The van der Waals surface area contributed by atoms with Crippen molar-refractivity contribution in [1.29, 1.82) is 0 Å². The van der Waals surface area contributed by atoms with E-state index in [4.69, 9.17) is 5.11 Å². The molecule has 0 fully saturated rings. The molecule has 0 bridgehead atoms. The van der Waals surface area contributed by atoms with Crippen molar-refractivity contribution in [2.24, 2.45) is 0 Å². The van der Waals surface area contributed by atoms with Crippen molar-refractivity contribution < 1.29 is 5.11 Å². The standard InChI is InChI=1S/C4H5NO.C2H6/c6-4-2-1-3-5-4;1-2/h1-3,5-6H;1-2H3. The van der Waals surface area contributed by atoms with Crippen molar-refractivity contribution in [3.63, 3.8) is 0 Å². The first-order chi connectivity index (χ1) is 3.89. The molecule has 1 heterocycles. The lowest BCUT2D eigenvalue weighted by molar-refractivity contribution is 0.457. The predicted molar refractivity (Wildman–Crippen MR) is 33.8 cm³/mol. The summed E-state index contributed by atoms with van der Waals surface area (Å²) >= 11 is 0. The largest absolute Gasteiger partial charge is 0.495 e. The third-order valence-corrected chi connectivity index (χ3v) is 0.582. The highest BCUT2D eigenvalue weighted by Gasteiger charge is 1.75. The van der Waals surface area contributed by atoms with E-state index in [9.17, 15) is 0 Å². The average molecular weight is 113 g/mol. The summed E-state index contributed by atoms with van der Waals surface area (Å²) in [5, 5.41) is 8.42. The topological polar surface area (TPSA) is 36.0 Å². The van der Waals surface area contributed by atoms with Gasteiger partial charge in [0.2, 0.25) is 0 Å². The number of rotatable bonds is 0. The van der Waals surface area contributed by atoms with Crippen molar-refractivity contribution in [3.05, 3.63) is 18.3 Å². The van der Waals surface area contributed by atoms with Crippen LogP contribution in [0.1, 0.15) is 13.8 Å². The minimum Gasteiger partial charge on any atom is -0.495 e. The summed E-state index contributed by atoms with van der Waals surface area (Å²) in [6, 6.07) is 3.31. The van der Waals surface area contributed by atoms with E-state index in [-0.39, 0.29) is 5.88 Å². The van der Waals surface area contributed by atoms with Crippen molar-refractivity contribution in [2.75, 3.05) is 0 Å². The highest BCUT2D eigenvalue weighted by Crippen LogP contribution is 1.97. The van der Waals surface area contributed by atoms with E-state index in [1.807, 2.05) is 13.8 Å². The zero-order valence-corrected chi connectivity index (χ0v) is 5.18. The number of H-pyrrole nitrogens is 1. The van der Waals surface area contributed by atoms with Crippen LogP contribution < -0.4 is 0 Å². The predicted octanol–water partition coefficient (Wildman–Crippen LogP) is 1.75. The summed E-state index contributed by atoms with van der Waals surface area (Å²) in [4.78, 5) is 2.56. The Labute approximate surface area is 49.2 Å². The summed E-state index contributed by atoms with van der Waals surface area (Å²) in [7, 11) is 0. The van der Waals surface area contributed by atoms with Gasteiger partial charge < -0.3 is 10.1 Å². The molecule has 0 amide bonds. The molecule has 0 aromatic carbocycles. The monoisotopic (exact) mass is 113 g/mol. The zero-order valence-electron chi connectivity index (χ0n) is 5.18. The van der Waals surface area contributed by atoms with E-state index < -0.39 is 0 Å². The third-order valence-electron chi connectivity index (χ3n) is 0.582. The molecule has 1 rings (SSSR count). The molecule has 46 valence electrons. The number of hydrogen-bond donors (Lipinski definition) is 2. The van der Waals surface area contributed by atoms with Crippen molar-refractivity contribution >= 4 is 0 Å². The molecule has 8 heavy (non-hydrogen) atoms. The van der Waals surface area contributed by atoms with Crippen LogP contribution in [0.25, 0.3) is 0 Å². The second-order valence-corrected chi connectivity index (χ2v) is 1.06. The van der Waals surface area contributed by atoms with Gasteiger partial charge in [0.15, 0.2) is 5.88 Å². The van der Waals surface area contributed by atoms with Gasteiger partial charge in [-0.25, -0.2) is 0 Å². The van der Waals surface area contributed by atoms with Gasteiger partial charge in [-0.2, -0.15) is 0 Å². The molecule has 2 heteroatoms. The van der Waals surface area contributed by atoms with Gasteiger partial charge in [0.25, 0.3) is 0 Å². The van der Waals surface area contributed by atoms with E-state index in [2.05, 4.69) is 4.98 Å². The van der Waals surface area contributed by atoms with Gasteiger partial charge in [0, 0.05) is 6.20 Å². The highest BCUT2D eigenvalue weighted by atomic mass is 16.3. The lowest BCUT2D eigenvalue weighted by Gasteiger charge is -1.71. The molecule has 0 aliphatic carbocycles. The summed E-state index contributed by atoms with van der Waals surface area (Å²) in [5.74, 6) is 0.218. The van der Waals surface area contributed by atoms with Crippen LogP contribution in [0.3, 0.4) is 0 Å². The maximum absolute atomic E-state index is 8.42. The molecule has 0 saturated heterocycles. The first-order valence-electron chi connectivity index (χ1n) is 2.72. The van der Waals surface area contributed by atoms with E-state index >= 15 is 0 Å². The zero-order chi connectivity index (χ0) is 6.41. The lowest BCUT2D eigenvalue weighted by atomic mass is 10.7. The number of aromatic hydroxyl groups is 1. The number of hydrogen-bond acceptors (Lipinski definition) is 1. The lowest BCUT2D eigenvalue weighted by Crippen LogP contribution is -1.51. The van der Waals surface area contributed by atoms with Crippen molar-refractivity contribution in [1.82, 2.24) is 4.98 Å². The Morgan fingerprint density at radius 3 is 2.25 bits per heavy atom. The number of nitrogens with one attached hydrogen (secondary N) is 1. The Hall–Kier alpha value is -0.920. The van der Waals surface area contributed by atoms with Crippen LogP contribution in [-0.2, 0) is 0 Å². The molecule has 2 nitrogen and oxygen atoms in total. The molecule has 2 N–H and O–H groups in total. The summed E-state index contributed by atoms with van der Waals surface area (Å²) in [5.41, 5.74) is 0. The Morgan fingerprint density at radius 2 is 2.12 bits per heavy atom. The molecule has 1 aromatic heterocycles. The second-order valence-electron chi connectivity index (χ2n) is 1.06. The third kappa shape index (κ3) is 2.29. The van der Waals surface area contributed by atoms with Crippen molar-refractivity contribution in [3.8, 4) is 5.88 Å². The summed E-state index contributed by atoms with van der Waals surface area (Å²) in [6.07, 6.45) is 1.66. The van der Waals surface area contributed by atoms with Crippen LogP contribution in [-0.4, -0.2) is 10.1 Å². The highest BCUT2D eigenvalue weighted by molar-refractivity contribution is 5.06. The quantitative estimate of drug-likeness (QED) is 0.528. The van der Waals surface area contributed by atoms with Gasteiger partial charge >= 0.3 is 0 Å². The first kappa shape index (κ1) is 7.08. The number of aromatic nitrogens is 1. The summed E-state index contributed by atoms with van der Waals surface area (Å²) in [6.45, 7) is 4.00. The van der Waals surface area contributed by atoms with Gasteiger partial charge in [0.1, 0.15) is 0 Å². The average Bonchev–Trinajstić information content (AvgIpc) is 2.24. The van der Waals surface area contributed by atoms with E-state index in [1.165, 1.54) is 0 Å². The molecule has 1 aromatic rings. The fraction of sp³-hybridized carbons (Fsp3) is 0.333. The molecule has 0 radical (unpaired) electrons. The molecular weight excluding hydrogens is 102 g/mol. The van der Waals surface area contributed by atoms with Gasteiger partial charge in [-0.1, -0.05) is 13.8 Å². The van der Waals surface area contributed by atoms with Crippen LogP contribution in [0.4, 0.5) is 0 Å². The summed E-state index contributed by atoms with van der Waals surface area (Å²) < 4.78 is 0. The van der Waals surface area contributed by atoms with Gasteiger partial charge in [-0.15, -0.1) is 0 Å². The van der Waals surface area contributed by atoms with Gasteiger partial charge in [-0.3, -0.25) is 0 Å². The molecular formula is C6H11NO. The molecule has 0 aliphatic rings. The molecule has 0 aliphatic heterocycles. The van der Waals surface area contributed by atoms with Crippen LogP contribution in [0.2, 0.25) is 0 Å². The maximum atomic E-state index is 8.42. The minimum atomic E-state index is 0.218. The molecule has 0 spiro atoms. The van der Waals surface area contributed by atoms with Crippen LogP contribution >= 0.6 is 0 Å². The van der Waals surface area contributed by atoms with Gasteiger partial charge in [-0.05, 0) is 12.1 Å². The second kappa shape index (κ2) is 4.24. The van der Waals surface area contributed by atoms with Crippen LogP contribution in [0, 0.1) is 0 Å². The normalized spacial score (nSPS) is 7.25. The Kier molecular flexibility index (Phi) is 3.76. The van der Waals surface area contributed by atoms with Gasteiger partial charge in [0.05, 0.1) is 0 Å². The van der Waals surface area contributed by atoms with E-state index in [0.717, 1.165) is 0 Å². The first-order valence-corrected chi connectivity index (χ1v) is 2.72. The molecule has 0 atom stereocenters. The van der Waals surface area contributed by atoms with Crippen molar-refractivity contribution in [2.45, 2.75) is 13.8 Å². The molecule has 0 unspecified atom stereocenters. The van der Waals surface area contributed by atoms with Crippen LogP contribution in [0.5, 0.6) is 5.88 Å². The Morgan fingerprint density at radius 1 is 1.50 bits per heavy atom. The van der Waals surface area contributed by atoms with E-state index in [1.54, 1.807) is 18.3 Å². The van der Waals surface area contributed by atoms with Crippen LogP contribution in [0.15, 0.2) is 18.3 Å². The minimum absolute atomic E-state index is 0.218.